The minimum atomic E-state index is -0.122. The van der Waals surface area contributed by atoms with Crippen molar-refractivity contribution in [3.63, 3.8) is 0 Å². The Morgan fingerprint density at radius 1 is 1.29 bits per heavy atom. The van der Waals surface area contributed by atoms with Crippen molar-refractivity contribution in [1.82, 2.24) is 9.97 Å². The summed E-state index contributed by atoms with van der Waals surface area (Å²) in [6.45, 7) is 3.08. The molecule has 0 unspecified atom stereocenters. The third-order valence-electron chi connectivity index (χ3n) is 3.17. The van der Waals surface area contributed by atoms with Gasteiger partial charge in [-0.3, -0.25) is 4.79 Å². The predicted octanol–water partition coefficient (Wildman–Crippen LogP) is 1.59. The van der Waals surface area contributed by atoms with Crippen molar-refractivity contribution < 1.29 is 4.74 Å². The van der Waals surface area contributed by atoms with E-state index in [1.807, 2.05) is 31.2 Å². The number of nitrogens with two attached hydrogens (primary N) is 1. The van der Waals surface area contributed by atoms with Crippen molar-refractivity contribution in [3.05, 3.63) is 57.8 Å². The van der Waals surface area contributed by atoms with Gasteiger partial charge in [0.15, 0.2) is 0 Å². The average molecular weight is 287 g/mol. The second-order valence-electron chi connectivity index (χ2n) is 4.94. The van der Waals surface area contributed by atoms with E-state index in [2.05, 4.69) is 9.97 Å². The predicted molar refractivity (Wildman–Crippen MR) is 82.6 cm³/mol. The molecule has 2 rings (SSSR count). The molecule has 0 saturated carbocycles. The molecule has 0 fully saturated rings. The lowest BCUT2D eigenvalue weighted by Gasteiger charge is -2.09. The van der Waals surface area contributed by atoms with E-state index in [0.29, 0.717) is 25.4 Å². The van der Waals surface area contributed by atoms with Crippen LogP contribution >= 0.6 is 0 Å². The lowest BCUT2D eigenvalue weighted by Crippen LogP contribution is -2.16. The number of hydrogen-bond acceptors (Lipinski definition) is 4. The van der Waals surface area contributed by atoms with Gasteiger partial charge in [-0.15, -0.1) is 0 Å². The quantitative estimate of drug-likeness (QED) is 0.810. The monoisotopic (exact) mass is 287 g/mol. The molecule has 0 saturated heterocycles. The highest BCUT2D eigenvalue weighted by atomic mass is 16.5. The zero-order valence-corrected chi connectivity index (χ0v) is 12.3. The van der Waals surface area contributed by atoms with Crippen molar-refractivity contribution in [2.75, 3.05) is 13.2 Å². The van der Waals surface area contributed by atoms with Crippen LogP contribution in [0.3, 0.4) is 0 Å². The van der Waals surface area contributed by atoms with Crippen LogP contribution in [0.15, 0.2) is 35.1 Å². The Labute approximate surface area is 124 Å². The topological polar surface area (TPSA) is 81.0 Å². The smallest absolute Gasteiger partial charge is 0.251 e. The summed E-state index contributed by atoms with van der Waals surface area (Å²) in [4.78, 5) is 18.8. The van der Waals surface area contributed by atoms with Gasteiger partial charge in [0.2, 0.25) is 0 Å². The Bertz CT molecular complexity index is 637. The molecule has 1 heterocycles. The second-order valence-corrected chi connectivity index (χ2v) is 4.94. The van der Waals surface area contributed by atoms with Gasteiger partial charge in [-0.1, -0.05) is 18.2 Å². The molecule has 0 aliphatic carbocycles. The highest BCUT2D eigenvalue weighted by molar-refractivity contribution is 5.31. The van der Waals surface area contributed by atoms with Crippen LogP contribution in [0.2, 0.25) is 0 Å². The Hall–Kier alpha value is -2.14. The van der Waals surface area contributed by atoms with Gasteiger partial charge in [0.1, 0.15) is 11.6 Å². The van der Waals surface area contributed by atoms with E-state index < -0.39 is 0 Å². The van der Waals surface area contributed by atoms with Gasteiger partial charge in [0, 0.05) is 18.2 Å². The third-order valence-corrected chi connectivity index (χ3v) is 3.17. The summed E-state index contributed by atoms with van der Waals surface area (Å²) in [7, 11) is 0. The lowest BCUT2D eigenvalue weighted by molar-refractivity contribution is 0.316. The Morgan fingerprint density at radius 3 is 2.86 bits per heavy atom. The van der Waals surface area contributed by atoms with Crippen LogP contribution in [0.1, 0.15) is 23.5 Å². The fourth-order valence-corrected chi connectivity index (χ4v) is 2.07. The number of benzene rings is 1. The summed E-state index contributed by atoms with van der Waals surface area (Å²) in [5.74, 6) is 1.52. The van der Waals surface area contributed by atoms with E-state index in [4.69, 9.17) is 10.5 Å². The molecule has 0 atom stereocenters. The summed E-state index contributed by atoms with van der Waals surface area (Å²) >= 11 is 0. The summed E-state index contributed by atoms with van der Waals surface area (Å²) in [5.41, 5.74) is 7.24. The molecule has 2 aromatic rings. The van der Waals surface area contributed by atoms with Gasteiger partial charge in [-0.25, -0.2) is 4.98 Å². The number of rotatable bonds is 7. The standard InChI is InChI=1S/C16H21N3O2/c1-12-5-2-3-7-14(12)21-10-8-15-18-13(6-4-9-17)11-16(20)19-15/h2-3,5,7,11H,4,6,8-10,17H2,1H3,(H,18,19,20). The SMILES string of the molecule is Cc1ccccc1OCCc1nc(CCCN)cc(=O)[nH]1. The molecule has 112 valence electrons. The van der Waals surface area contributed by atoms with Gasteiger partial charge >= 0.3 is 0 Å². The number of aromatic nitrogens is 2. The Balaban J connectivity index is 1.95. The molecule has 0 spiro atoms. The highest BCUT2D eigenvalue weighted by Gasteiger charge is 2.03. The van der Waals surface area contributed by atoms with Crippen LogP contribution in [0.25, 0.3) is 0 Å². The molecule has 0 amide bonds. The first-order chi connectivity index (χ1) is 10.2. The maximum absolute atomic E-state index is 11.6. The zero-order chi connectivity index (χ0) is 15.1. The van der Waals surface area contributed by atoms with Crippen LogP contribution in [0.5, 0.6) is 5.75 Å². The Morgan fingerprint density at radius 2 is 2.10 bits per heavy atom. The lowest BCUT2D eigenvalue weighted by atomic mass is 10.2. The molecule has 1 aromatic heterocycles. The fourth-order valence-electron chi connectivity index (χ4n) is 2.07. The number of aromatic amines is 1. The zero-order valence-electron chi connectivity index (χ0n) is 12.3. The fraction of sp³-hybridized carbons (Fsp3) is 0.375. The first-order valence-corrected chi connectivity index (χ1v) is 7.16. The van der Waals surface area contributed by atoms with Crippen molar-refractivity contribution in [3.8, 4) is 5.75 Å². The first-order valence-electron chi connectivity index (χ1n) is 7.16. The van der Waals surface area contributed by atoms with Gasteiger partial charge in [0.05, 0.1) is 6.61 Å². The van der Waals surface area contributed by atoms with Crippen molar-refractivity contribution in [2.24, 2.45) is 5.73 Å². The molecule has 5 nitrogen and oxygen atoms in total. The normalized spacial score (nSPS) is 10.6. The number of hydrogen-bond donors (Lipinski definition) is 2. The molecular formula is C16H21N3O2. The molecular weight excluding hydrogens is 266 g/mol. The average Bonchev–Trinajstić information content (AvgIpc) is 2.47. The number of ether oxygens (including phenoxy) is 1. The van der Waals surface area contributed by atoms with Crippen LogP contribution in [0, 0.1) is 6.92 Å². The largest absolute Gasteiger partial charge is 0.493 e. The first kappa shape index (κ1) is 15.3. The molecule has 21 heavy (non-hydrogen) atoms. The summed E-state index contributed by atoms with van der Waals surface area (Å²) in [6.07, 6.45) is 2.13. The third kappa shape index (κ3) is 4.72. The summed E-state index contributed by atoms with van der Waals surface area (Å²) < 4.78 is 5.72. The molecule has 0 bridgehead atoms. The minimum Gasteiger partial charge on any atom is -0.493 e. The van der Waals surface area contributed by atoms with Gasteiger partial charge < -0.3 is 15.5 Å². The van der Waals surface area contributed by atoms with Crippen LogP contribution in [0.4, 0.5) is 0 Å². The van der Waals surface area contributed by atoms with E-state index in [1.54, 1.807) is 0 Å². The number of aryl methyl sites for hydroxylation is 2. The van der Waals surface area contributed by atoms with Crippen molar-refractivity contribution >= 4 is 0 Å². The Kier molecular flexibility index (Phi) is 5.51. The molecule has 1 aromatic carbocycles. The van der Waals surface area contributed by atoms with Crippen LogP contribution < -0.4 is 16.0 Å². The van der Waals surface area contributed by atoms with E-state index in [9.17, 15) is 4.79 Å². The molecule has 0 aliphatic heterocycles. The van der Waals surface area contributed by atoms with E-state index in [-0.39, 0.29) is 5.56 Å². The summed E-state index contributed by atoms with van der Waals surface area (Å²) in [5, 5.41) is 0. The molecule has 0 aliphatic rings. The van der Waals surface area contributed by atoms with Gasteiger partial charge in [-0.2, -0.15) is 0 Å². The molecule has 0 radical (unpaired) electrons. The van der Waals surface area contributed by atoms with E-state index in [0.717, 1.165) is 29.8 Å². The van der Waals surface area contributed by atoms with Crippen molar-refractivity contribution in [2.45, 2.75) is 26.2 Å². The maximum Gasteiger partial charge on any atom is 0.251 e. The number of nitrogens with zero attached hydrogens (tertiary/aromatic N) is 1. The summed E-state index contributed by atoms with van der Waals surface area (Å²) in [6, 6.07) is 9.38. The molecule has 3 N–H and O–H groups in total. The number of H-pyrrole nitrogens is 1. The number of nitrogens with one attached hydrogen (secondary N) is 1. The highest BCUT2D eigenvalue weighted by Crippen LogP contribution is 2.16. The second kappa shape index (κ2) is 7.59. The maximum atomic E-state index is 11.6. The molecule has 5 heteroatoms. The van der Waals surface area contributed by atoms with Crippen molar-refractivity contribution in [1.29, 1.82) is 0 Å². The van der Waals surface area contributed by atoms with Crippen LogP contribution in [-0.4, -0.2) is 23.1 Å². The van der Waals surface area contributed by atoms with Gasteiger partial charge in [0.25, 0.3) is 5.56 Å². The van der Waals surface area contributed by atoms with Crippen LogP contribution in [-0.2, 0) is 12.8 Å². The van der Waals surface area contributed by atoms with Gasteiger partial charge in [-0.05, 0) is 37.9 Å². The van der Waals surface area contributed by atoms with E-state index >= 15 is 0 Å². The number of para-hydroxylation sites is 1. The minimum absolute atomic E-state index is 0.122. The van der Waals surface area contributed by atoms with E-state index in [1.165, 1.54) is 6.07 Å².